The summed E-state index contributed by atoms with van der Waals surface area (Å²) in [6.45, 7) is 6.16. The van der Waals surface area contributed by atoms with Crippen LogP contribution in [0.15, 0.2) is 59.0 Å². The van der Waals surface area contributed by atoms with Gasteiger partial charge in [-0.15, -0.1) is 0 Å². The summed E-state index contributed by atoms with van der Waals surface area (Å²) in [5.74, 6) is 1.72. The first-order valence-electron chi connectivity index (χ1n) is 12.4. The van der Waals surface area contributed by atoms with Gasteiger partial charge in [0.2, 0.25) is 11.8 Å². The molecular weight excluding hydrogens is 460 g/mol. The smallest absolute Gasteiger partial charge is 0.226 e. The fourth-order valence-corrected chi connectivity index (χ4v) is 4.86. The lowest BCUT2D eigenvalue weighted by Gasteiger charge is -2.31. The molecule has 2 unspecified atom stereocenters. The third-order valence-corrected chi connectivity index (χ3v) is 6.95. The van der Waals surface area contributed by atoms with Gasteiger partial charge in [0, 0.05) is 29.6 Å². The normalized spacial score (nSPS) is 18.1. The van der Waals surface area contributed by atoms with E-state index in [2.05, 4.69) is 46.8 Å². The number of nitrogens with zero attached hydrogens (tertiary/aromatic N) is 2. The molecule has 0 saturated carbocycles. The average molecular weight is 495 g/mol. The van der Waals surface area contributed by atoms with Crippen LogP contribution < -0.4 is 10.6 Å². The summed E-state index contributed by atoms with van der Waals surface area (Å²) < 4.78 is 5.94. The van der Waals surface area contributed by atoms with Crippen LogP contribution in [0.25, 0.3) is 11.5 Å². The van der Waals surface area contributed by atoms with Gasteiger partial charge in [0.05, 0.1) is 5.69 Å². The third-order valence-electron chi connectivity index (χ3n) is 6.69. The Kier molecular flexibility index (Phi) is 8.96. The molecule has 0 bridgehead atoms. The number of halogens is 1. The monoisotopic (exact) mass is 494 g/mol. The highest BCUT2D eigenvalue weighted by Gasteiger charge is 2.32. The number of amides is 1. The van der Waals surface area contributed by atoms with Crippen molar-refractivity contribution < 1.29 is 9.21 Å². The van der Waals surface area contributed by atoms with Crippen LogP contribution in [0.1, 0.15) is 29.9 Å². The summed E-state index contributed by atoms with van der Waals surface area (Å²) in [4.78, 5) is 20.1. The van der Waals surface area contributed by atoms with Crippen LogP contribution in [-0.2, 0) is 17.8 Å². The molecule has 2 atom stereocenters. The maximum absolute atomic E-state index is 13.1. The Balaban J connectivity index is 1.28. The van der Waals surface area contributed by atoms with Crippen LogP contribution in [0.3, 0.4) is 0 Å². The second-order valence-electron chi connectivity index (χ2n) is 9.46. The van der Waals surface area contributed by atoms with E-state index in [0.29, 0.717) is 23.9 Å². The molecule has 1 aliphatic heterocycles. The number of benzene rings is 2. The number of nitrogens with one attached hydrogen (secondary N) is 2. The first-order valence-corrected chi connectivity index (χ1v) is 12.8. The van der Waals surface area contributed by atoms with Gasteiger partial charge in [0.1, 0.15) is 5.76 Å². The Bertz CT molecular complexity index is 1080. The van der Waals surface area contributed by atoms with Crippen LogP contribution in [0.2, 0.25) is 5.02 Å². The Morgan fingerprint density at radius 3 is 2.74 bits per heavy atom. The fourth-order valence-electron chi connectivity index (χ4n) is 4.73. The number of aryl methyl sites for hydroxylation is 1. The molecular formula is C28H35ClN4O2. The Labute approximate surface area is 213 Å². The molecule has 0 radical (unpaired) electrons. The number of rotatable bonds is 10. The van der Waals surface area contributed by atoms with Crippen molar-refractivity contribution in [3.8, 4) is 11.5 Å². The third kappa shape index (κ3) is 7.17. The van der Waals surface area contributed by atoms with Crippen molar-refractivity contribution >= 4 is 17.5 Å². The molecule has 4 rings (SSSR count). The van der Waals surface area contributed by atoms with Crippen molar-refractivity contribution in [3.05, 3.63) is 76.6 Å². The van der Waals surface area contributed by atoms with Crippen LogP contribution in [0.5, 0.6) is 0 Å². The summed E-state index contributed by atoms with van der Waals surface area (Å²) in [6, 6.07) is 17.9. The van der Waals surface area contributed by atoms with E-state index in [9.17, 15) is 4.79 Å². The first-order chi connectivity index (χ1) is 17.0. The van der Waals surface area contributed by atoms with Gasteiger partial charge in [0.15, 0.2) is 0 Å². The quantitative estimate of drug-likeness (QED) is 0.399. The lowest BCUT2D eigenvalue weighted by molar-refractivity contribution is -0.127. The van der Waals surface area contributed by atoms with E-state index in [-0.39, 0.29) is 17.7 Å². The van der Waals surface area contributed by atoms with E-state index in [4.69, 9.17) is 21.0 Å². The number of hydrogen-bond donors (Lipinski definition) is 2. The highest BCUT2D eigenvalue weighted by atomic mass is 35.5. The highest BCUT2D eigenvalue weighted by molar-refractivity contribution is 6.30. The van der Waals surface area contributed by atoms with Gasteiger partial charge in [-0.05, 0) is 88.6 Å². The topological polar surface area (TPSA) is 70.4 Å². The molecule has 1 amide bonds. The molecule has 2 N–H and O–H groups in total. The molecule has 1 aliphatic rings. The minimum atomic E-state index is -0.0200. The molecule has 6 nitrogen and oxygen atoms in total. The predicted octanol–water partition coefficient (Wildman–Crippen LogP) is 4.71. The van der Waals surface area contributed by atoms with E-state index >= 15 is 0 Å². The summed E-state index contributed by atoms with van der Waals surface area (Å²) >= 11 is 6.01. The van der Waals surface area contributed by atoms with Crippen molar-refractivity contribution in [1.29, 1.82) is 0 Å². The molecule has 35 heavy (non-hydrogen) atoms. The van der Waals surface area contributed by atoms with Crippen molar-refractivity contribution in [3.63, 3.8) is 0 Å². The summed E-state index contributed by atoms with van der Waals surface area (Å²) in [5, 5.41) is 7.32. The number of oxazole rings is 1. The zero-order valence-corrected chi connectivity index (χ0v) is 21.4. The molecule has 186 valence electrons. The van der Waals surface area contributed by atoms with E-state index in [1.54, 1.807) is 0 Å². The molecule has 1 fully saturated rings. The van der Waals surface area contributed by atoms with Gasteiger partial charge in [-0.25, -0.2) is 4.98 Å². The number of carbonyl (C=O) groups excluding carboxylic acids is 1. The van der Waals surface area contributed by atoms with Crippen LogP contribution in [0.4, 0.5) is 0 Å². The van der Waals surface area contributed by atoms with Crippen molar-refractivity contribution in [1.82, 2.24) is 20.5 Å². The maximum atomic E-state index is 13.1. The second-order valence-corrected chi connectivity index (χ2v) is 9.90. The van der Waals surface area contributed by atoms with Gasteiger partial charge in [-0.3, -0.25) is 4.79 Å². The minimum Gasteiger partial charge on any atom is -0.441 e. The molecule has 0 aliphatic carbocycles. The van der Waals surface area contributed by atoms with Gasteiger partial charge >= 0.3 is 0 Å². The SMILES string of the molecule is Cc1oc(-c2ccc(Cl)cc2)nc1CC1CNCCC1C(=O)NCCCN(C)Cc1ccccc1. The maximum Gasteiger partial charge on any atom is 0.226 e. The summed E-state index contributed by atoms with van der Waals surface area (Å²) in [7, 11) is 2.12. The molecule has 3 aromatic rings. The zero-order chi connectivity index (χ0) is 24.6. The molecule has 1 saturated heterocycles. The van der Waals surface area contributed by atoms with Gasteiger partial charge in [0.25, 0.3) is 0 Å². The Morgan fingerprint density at radius 1 is 1.20 bits per heavy atom. The first kappa shape index (κ1) is 25.4. The van der Waals surface area contributed by atoms with Crippen molar-refractivity contribution in [2.45, 2.75) is 32.7 Å². The van der Waals surface area contributed by atoms with Gasteiger partial charge in [-0.1, -0.05) is 41.9 Å². The zero-order valence-electron chi connectivity index (χ0n) is 20.6. The minimum absolute atomic E-state index is 0.0200. The van der Waals surface area contributed by atoms with Gasteiger partial charge < -0.3 is 20.0 Å². The van der Waals surface area contributed by atoms with E-state index in [1.165, 1.54) is 5.56 Å². The molecule has 2 heterocycles. The fraction of sp³-hybridized carbons (Fsp3) is 0.429. The molecule has 1 aromatic heterocycles. The summed E-state index contributed by atoms with van der Waals surface area (Å²) in [5.41, 5.74) is 3.12. The average Bonchev–Trinajstić information content (AvgIpc) is 3.23. The van der Waals surface area contributed by atoms with Crippen LogP contribution in [-0.4, -0.2) is 49.0 Å². The van der Waals surface area contributed by atoms with Crippen LogP contribution in [0, 0.1) is 18.8 Å². The molecule has 2 aromatic carbocycles. The highest BCUT2D eigenvalue weighted by Crippen LogP contribution is 2.28. The standard InChI is InChI=1S/C28H35ClN4O2/c1-20-26(32-28(35-20)22-9-11-24(29)12-10-22)17-23-18-30-15-13-25(23)27(34)31-14-6-16-33(2)19-21-7-4-3-5-8-21/h3-5,7-12,23,25,30H,6,13-19H2,1-2H3,(H,31,34). The number of aromatic nitrogens is 1. The van der Waals surface area contributed by atoms with E-state index in [0.717, 1.165) is 56.0 Å². The second kappa shape index (κ2) is 12.3. The Morgan fingerprint density at radius 2 is 1.97 bits per heavy atom. The predicted molar refractivity (Wildman–Crippen MR) is 140 cm³/mol. The van der Waals surface area contributed by atoms with E-state index < -0.39 is 0 Å². The lowest BCUT2D eigenvalue weighted by atomic mass is 9.82. The Hall–Kier alpha value is -2.67. The lowest BCUT2D eigenvalue weighted by Crippen LogP contribution is -2.45. The van der Waals surface area contributed by atoms with Crippen molar-refractivity contribution in [2.24, 2.45) is 11.8 Å². The van der Waals surface area contributed by atoms with E-state index in [1.807, 2.05) is 37.3 Å². The largest absolute Gasteiger partial charge is 0.441 e. The number of piperidine rings is 1. The van der Waals surface area contributed by atoms with Crippen molar-refractivity contribution in [2.75, 3.05) is 33.2 Å². The van der Waals surface area contributed by atoms with Crippen LogP contribution >= 0.6 is 11.6 Å². The molecule has 7 heteroatoms. The molecule has 0 spiro atoms. The van der Waals surface area contributed by atoms with Gasteiger partial charge in [-0.2, -0.15) is 0 Å². The summed E-state index contributed by atoms with van der Waals surface area (Å²) in [6.07, 6.45) is 2.48. The number of carbonyl (C=O) groups is 1. The number of hydrogen-bond acceptors (Lipinski definition) is 5.